The summed E-state index contributed by atoms with van der Waals surface area (Å²) in [6.45, 7) is 6.64. The maximum absolute atomic E-state index is 12.3. The van der Waals surface area contributed by atoms with Gasteiger partial charge < -0.3 is 10.2 Å². The summed E-state index contributed by atoms with van der Waals surface area (Å²) in [5.74, 6) is 1.60. The molecule has 0 aromatic heterocycles. The van der Waals surface area contributed by atoms with Crippen molar-refractivity contribution in [3.8, 4) is 0 Å². The quantitative estimate of drug-likeness (QED) is 0.567. The second-order valence-corrected chi connectivity index (χ2v) is 9.23. The monoisotopic (exact) mass is 416 g/mol. The molecule has 1 amide bonds. The van der Waals surface area contributed by atoms with E-state index in [1.54, 1.807) is 11.8 Å². The van der Waals surface area contributed by atoms with Crippen LogP contribution in [0.2, 0.25) is 5.02 Å². The Morgan fingerprint density at radius 1 is 1.21 bits per heavy atom. The molecule has 2 atom stereocenters. The zero-order valence-corrected chi connectivity index (χ0v) is 18.2. The Bertz CT molecular complexity index is 763. The smallest absolute Gasteiger partial charge is 0.221 e. The Morgan fingerprint density at radius 2 is 1.93 bits per heavy atom. The van der Waals surface area contributed by atoms with E-state index in [-0.39, 0.29) is 11.9 Å². The molecule has 1 aliphatic rings. The number of hydrogen-bond acceptors (Lipinski definition) is 3. The lowest BCUT2D eigenvalue weighted by atomic mass is 9.99. The second-order valence-electron chi connectivity index (χ2n) is 7.63. The van der Waals surface area contributed by atoms with Crippen LogP contribution >= 0.6 is 23.4 Å². The van der Waals surface area contributed by atoms with Crippen molar-refractivity contribution in [2.45, 2.75) is 44.0 Å². The molecule has 150 valence electrons. The lowest BCUT2D eigenvalue weighted by Crippen LogP contribution is -2.34. The van der Waals surface area contributed by atoms with Gasteiger partial charge in [-0.05, 0) is 67.6 Å². The molecule has 2 aromatic carbocycles. The molecule has 0 radical (unpaired) electrons. The molecule has 1 N–H and O–H groups in total. The number of hydrogen-bond donors (Lipinski definition) is 1. The van der Waals surface area contributed by atoms with Gasteiger partial charge in [0, 0.05) is 40.9 Å². The molecule has 5 heteroatoms. The van der Waals surface area contributed by atoms with Crippen LogP contribution in [-0.4, -0.2) is 24.7 Å². The maximum Gasteiger partial charge on any atom is 0.221 e. The molecular weight excluding hydrogens is 388 g/mol. The van der Waals surface area contributed by atoms with Gasteiger partial charge in [-0.2, -0.15) is 0 Å². The summed E-state index contributed by atoms with van der Waals surface area (Å²) in [4.78, 5) is 15.9. The van der Waals surface area contributed by atoms with E-state index in [1.807, 2.05) is 31.2 Å². The number of thioether (sulfide) groups is 1. The molecule has 2 unspecified atom stereocenters. The number of carbonyl (C=O) groups is 1. The molecule has 1 heterocycles. The molecule has 0 aliphatic carbocycles. The number of nitrogens with one attached hydrogen (secondary N) is 1. The fraction of sp³-hybridized carbons (Fsp3) is 0.435. The molecule has 3 nitrogen and oxygen atoms in total. The van der Waals surface area contributed by atoms with Crippen molar-refractivity contribution < 1.29 is 4.79 Å². The molecule has 0 bridgehead atoms. The van der Waals surface area contributed by atoms with Crippen molar-refractivity contribution in [3.63, 3.8) is 0 Å². The summed E-state index contributed by atoms with van der Waals surface area (Å²) in [5, 5.41) is 3.84. The van der Waals surface area contributed by atoms with E-state index >= 15 is 0 Å². The summed E-state index contributed by atoms with van der Waals surface area (Å²) >= 11 is 7.57. The van der Waals surface area contributed by atoms with E-state index in [4.69, 9.17) is 11.6 Å². The van der Waals surface area contributed by atoms with E-state index < -0.39 is 0 Å². The van der Waals surface area contributed by atoms with E-state index in [0.717, 1.165) is 40.2 Å². The molecule has 28 heavy (non-hydrogen) atoms. The normalized spacial score (nSPS) is 18.0. The van der Waals surface area contributed by atoms with Crippen LogP contribution in [0.4, 0.5) is 5.69 Å². The van der Waals surface area contributed by atoms with Crippen molar-refractivity contribution in [3.05, 3.63) is 59.1 Å². The summed E-state index contributed by atoms with van der Waals surface area (Å²) in [5.41, 5.74) is 2.43. The second kappa shape index (κ2) is 10.2. The van der Waals surface area contributed by atoms with Crippen LogP contribution in [0.15, 0.2) is 53.4 Å². The third-order valence-electron chi connectivity index (χ3n) is 5.20. The zero-order chi connectivity index (χ0) is 19.9. The summed E-state index contributed by atoms with van der Waals surface area (Å²) < 4.78 is 0. The van der Waals surface area contributed by atoms with Crippen molar-refractivity contribution in [2.24, 2.45) is 5.92 Å². The van der Waals surface area contributed by atoms with Gasteiger partial charge in [-0.25, -0.2) is 0 Å². The number of piperidine rings is 1. The third kappa shape index (κ3) is 6.18. The highest BCUT2D eigenvalue weighted by atomic mass is 35.5. The van der Waals surface area contributed by atoms with Gasteiger partial charge >= 0.3 is 0 Å². The number of halogens is 1. The Kier molecular flexibility index (Phi) is 7.69. The number of benzene rings is 2. The first-order chi connectivity index (χ1) is 13.5. The summed E-state index contributed by atoms with van der Waals surface area (Å²) in [6.07, 6.45) is 3.10. The fourth-order valence-electron chi connectivity index (χ4n) is 3.59. The SMILES string of the molecule is CC1CCCN(c2ccc(C(C)NC(=O)CCSc3ccc(Cl)cc3)cc2)C1. The summed E-state index contributed by atoms with van der Waals surface area (Å²) in [6, 6.07) is 16.4. The van der Waals surface area contributed by atoms with Crippen LogP contribution in [0.5, 0.6) is 0 Å². The molecular formula is C23H29ClN2OS. The van der Waals surface area contributed by atoms with E-state index in [0.29, 0.717) is 6.42 Å². The Balaban J connectivity index is 1.45. The Labute approximate surface area is 177 Å². The van der Waals surface area contributed by atoms with Gasteiger partial charge in [0.25, 0.3) is 0 Å². The van der Waals surface area contributed by atoms with Gasteiger partial charge in [-0.15, -0.1) is 11.8 Å². The molecule has 1 fully saturated rings. The van der Waals surface area contributed by atoms with Crippen LogP contribution < -0.4 is 10.2 Å². The predicted molar refractivity (Wildman–Crippen MR) is 120 cm³/mol. The molecule has 3 rings (SSSR count). The van der Waals surface area contributed by atoms with Crippen LogP contribution in [0.3, 0.4) is 0 Å². The zero-order valence-electron chi connectivity index (χ0n) is 16.7. The molecule has 1 saturated heterocycles. The molecule has 0 saturated carbocycles. The first-order valence-corrected chi connectivity index (χ1v) is 11.4. The van der Waals surface area contributed by atoms with Gasteiger partial charge in [0.1, 0.15) is 0 Å². The van der Waals surface area contributed by atoms with Gasteiger partial charge in [0.15, 0.2) is 0 Å². The van der Waals surface area contributed by atoms with Gasteiger partial charge in [-0.3, -0.25) is 4.79 Å². The van der Waals surface area contributed by atoms with E-state index in [2.05, 4.69) is 41.4 Å². The average molecular weight is 417 g/mol. The number of anilines is 1. The minimum Gasteiger partial charge on any atom is -0.371 e. The number of carbonyl (C=O) groups excluding carboxylic acids is 1. The Hall–Kier alpha value is -1.65. The van der Waals surface area contributed by atoms with Crippen molar-refractivity contribution in [2.75, 3.05) is 23.7 Å². The average Bonchev–Trinajstić information content (AvgIpc) is 2.69. The lowest BCUT2D eigenvalue weighted by Gasteiger charge is -2.33. The predicted octanol–water partition coefficient (Wildman–Crippen LogP) is 5.94. The van der Waals surface area contributed by atoms with Gasteiger partial charge in [0.05, 0.1) is 6.04 Å². The van der Waals surface area contributed by atoms with E-state index in [9.17, 15) is 4.79 Å². The summed E-state index contributed by atoms with van der Waals surface area (Å²) in [7, 11) is 0. The number of amides is 1. The number of nitrogens with zero attached hydrogens (tertiary/aromatic N) is 1. The fourth-order valence-corrected chi connectivity index (χ4v) is 4.56. The molecule has 2 aromatic rings. The first kappa shape index (κ1) is 21.1. The van der Waals surface area contributed by atoms with Crippen LogP contribution in [-0.2, 0) is 4.79 Å². The minimum absolute atomic E-state index is 0.0161. The molecule has 0 spiro atoms. The minimum atomic E-state index is 0.0161. The first-order valence-electron chi connectivity index (χ1n) is 10.0. The van der Waals surface area contributed by atoms with Crippen molar-refractivity contribution in [1.29, 1.82) is 0 Å². The highest BCUT2D eigenvalue weighted by molar-refractivity contribution is 7.99. The van der Waals surface area contributed by atoms with Crippen LogP contribution in [0, 0.1) is 5.92 Å². The highest BCUT2D eigenvalue weighted by Gasteiger charge is 2.17. The van der Waals surface area contributed by atoms with Crippen LogP contribution in [0.25, 0.3) is 0 Å². The Morgan fingerprint density at radius 3 is 2.61 bits per heavy atom. The standard InChI is InChI=1S/C23H29ClN2OS/c1-17-4-3-14-26(16-17)21-9-5-19(6-10-21)18(2)25-23(27)13-15-28-22-11-7-20(24)8-12-22/h5-12,17-18H,3-4,13-16H2,1-2H3,(H,25,27). The largest absolute Gasteiger partial charge is 0.371 e. The highest BCUT2D eigenvalue weighted by Crippen LogP contribution is 2.25. The lowest BCUT2D eigenvalue weighted by molar-refractivity contribution is -0.121. The topological polar surface area (TPSA) is 32.3 Å². The van der Waals surface area contributed by atoms with Crippen LogP contribution in [0.1, 0.15) is 44.7 Å². The van der Waals surface area contributed by atoms with Crippen molar-refractivity contribution >= 4 is 35.0 Å². The molecule has 1 aliphatic heterocycles. The van der Waals surface area contributed by atoms with Gasteiger partial charge in [0.2, 0.25) is 5.91 Å². The third-order valence-corrected chi connectivity index (χ3v) is 6.47. The maximum atomic E-state index is 12.3. The number of rotatable bonds is 7. The van der Waals surface area contributed by atoms with Gasteiger partial charge in [-0.1, -0.05) is 30.7 Å². The van der Waals surface area contributed by atoms with Crippen molar-refractivity contribution in [1.82, 2.24) is 5.32 Å². The van der Waals surface area contributed by atoms with E-state index in [1.165, 1.54) is 18.5 Å².